The second-order valence-electron chi connectivity index (χ2n) is 25.9. The number of carbonyl (C=O) groups excluding carboxylic acids is 3. The number of likely N-dealkylation sites (N-methyl/N-ethyl adjacent to an activating group) is 1. The van der Waals surface area contributed by atoms with Crippen molar-refractivity contribution in [3.05, 3.63) is 109 Å². The highest BCUT2D eigenvalue weighted by atomic mass is 16.7. The van der Waals surface area contributed by atoms with Crippen molar-refractivity contribution in [2.45, 2.75) is 334 Å². The molecule has 0 aliphatic carbocycles. The number of hydrogen-bond acceptors (Lipinski definition) is 8. The molecule has 0 aliphatic heterocycles. The molecular weight excluding hydrogens is 1100 g/mol. The van der Waals surface area contributed by atoms with E-state index in [2.05, 4.69) is 123 Å². The maximum atomic E-state index is 12.9. The average molecular weight is 1240 g/mol. The highest BCUT2D eigenvalue weighted by molar-refractivity contribution is 5.70. The molecule has 0 aliphatic rings. The van der Waals surface area contributed by atoms with Gasteiger partial charge in [0, 0.05) is 12.8 Å². The van der Waals surface area contributed by atoms with Crippen molar-refractivity contribution in [1.29, 1.82) is 0 Å². The summed E-state index contributed by atoms with van der Waals surface area (Å²) >= 11 is 0. The fourth-order valence-corrected chi connectivity index (χ4v) is 10.4. The van der Waals surface area contributed by atoms with Crippen LogP contribution in [0.15, 0.2) is 109 Å². The van der Waals surface area contributed by atoms with E-state index >= 15 is 0 Å². The zero-order valence-electron chi connectivity index (χ0n) is 58.5. The fraction of sp³-hybridized carbons (Fsp3) is 0.738. The molecular formula is C80H139NO8. The molecule has 512 valence electrons. The number of ether oxygens (including phenoxy) is 4. The summed E-state index contributed by atoms with van der Waals surface area (Å²) < 4.78 is 22.8. The van der Waals surface area contributed by atoms with Crippen molar-refractivity contribution >= 4 is 17.9 Å². The molecule has 0 aromatic rings. The molecule has 9 heteroatoms. The summed E-state index contributed by atoms with van der Waals surface area (Å²) in [6.45, 7) is 4.61. The SMILES string of the molecule is CC/C=C\C/C=C\C/C=C\C/C=C\C/C=C\C/C=C\C/C=C\CCCCCC(=O)OC(COC(=O)CCCCCCCCCCCCCCCCCCCCCCCCCCCCC/C=C\C/C=C\CCCCCCC)COC(OCC[N+](C)(C)C)C(=O)[O-]. The van der Waals surface area contributed by atoms with Gasteiger partial charge in [-0.05, 0) is 103 Å². The smallest absolute Gasteiger partial charge is 0.306 e. The Hall–Kier alpha value is -4.05. The van der Waals surface area contributed by atoms with E-state index in [0.29, 0.717) is 17.4 Å². The van der Waals surface area contributed by atoms with Gasteiger partial charge < -0.3 is 33.3 Å². The molecule has 0 fully saturated rings. The molecule has 2 unspecified atom stereocenters. The van der Waals surface area contributed by atoms with Gasteiger partial charge in [-0.1, -0.05) is 316 Å². The maximum Gasteiger partial charge on any atom is 0.306 e. The van der Waals surface area contributed by atoms with Gasteiger partial charge in [0.05, 0.1) is 40.3 Å². The zero-order valence-corrected chi connectivity index (χ0v) is 58.5. The monoisotopic (exact) mass is 1240 g/mol. The number of carboxylic acid groups (broad SMARTS) is 1. The Labute approximate surface area is 549 Å². The predicted octanol–water partition coefficient (Wildman–Crippen LogP) is 22.0. The van der Waals surface area contributed by atoms with Gasteiger partial charge in [0.1, 0.15) is 13.2 Å². The molecule has 0 N–H and O–H groups in total. The van der Waals surface area contributed by atoms with Crippen LogP contribution in [0, 0.1) is 0 Å². The summed E-state index contributed by atoms with van der Waals surface area (Å²) in [6, 6.07) is 0. The van der Waals surface area contributed by atoms with Crippen molar-refractivity contribution < 1.29 is 42.9 Å². The van der Waals surface area contributed by atoms with Crippen molar-refractivity contribution in [2.24, 2.45) is 0 Å². The summed E-state index contributed by atoms with van der Waals surface area (Å²) in [5.41, 5.74) is 0. The lowest BCUT2D eigenvalue weighted by atomic mass is 10.0. The van der Waals surface area contributed by atoms with Gasteiger partial charge in [0.15, 0.2) is 12.4 Å². The molecule has 0 spiro atoms. The molecule has 0 saturated carbocycles. The van der Waals surface area contributed by atoms with Crippen LogP contribution in [-0.2, 0) is 33.3 Å². The Morgan fingerprint density at radius 2 is 0.640 bits per heavy atom. The number of allylic oxidation sites excluding steroid dienone is 18. The largest absolute Gasteiger partial charge is 0.545 e. The summed E-state index contributed by atoms with van der Waals surface area (Å²) in [6.07, 6.45) is 94.9. The van der Waals surface area contributed by atoms with E-state index in [4.69, 9.17) is 18.9 Å². The molecule has 0 aromatic heterocycles. The normalized spacial score (nSPS) is 13.3. The van der Waals surface area contributed by atoms with Gasteiger partial charge in [-0.15, -0.1) is 0 Å². The van der Waals surface area contributed by atoms with Gasteiger partial charge in [0.25, 0.3) is 0 Å². The van der Waals surface area contributed by atoms with E-state index in [1.807, 2.05) is 21.1 Å². The van der Waals surface area contributed by atoms with Crippen molar-refractivity contribution in [2.75, 3.05) is 47.5 Å². The molecule has 0 heterocycles. The second-order valence-corrected chi connectivity index (χ2v) is 25.9. The molecule has 0 saturated heterocycles. The number of nitrogens with zero attached hydrogens (tertiary/aromatic N) is 1. The molecule has 0 bridgehead atoms. The number of carboxylic acids is 1. The highest BCUT2D eigenvalue weighted by Gasteiger charge is 2.22. The van der Waals surface area contributed by atoms with Gasteiger partial charge in [-0.2, -0.15) is 0 Å². The van der Waals surface area contributed by atoms with Crippen LogP contribution in [0.25, 0.3) is 0 Å². The van der Waals surface area contributed by atoms with E-state index in [1.54, 1.807) is 0 Å². The first kappa shape index (κ1) is 85.0. The lowest BCUT2D eigenvalue weighted by Gasteiger charge is -2.26. The standard InChI is InChI=1S/C80H139NO8/c1-6-8-10-12-14-16-18-20-22-24-26-28-30-32-33-34-35-36-37-38-39-40-41-42-43-44-45-47-48-50-52-54-56-58-60-62-64-66-68-70-77(82)87-74-76(75-88-80(79(84)85)86-73-72-81(3,4)5)89-78(83)71-69-67-65-63-61-59-57-55-53-51-49-46-31-29-27-25-23-21-19-17-15-13-11-9-7-2/h9,11,15,17-18,20-21,23-24,26-27,29,46,49,53,55,59,61,76,80H,6-8,10,12-14,16,19,22,25,28,30-45,47-48,50-52,54,56-58,60,62-75H2,1-5H3/b11-9-,17-15-,20-18-,23-21-,26-24-,29-27-,49-46-,55-53-,61-59-. The van der Waals surface area contributed by atoms with Crippen molar-refractivity contribution in [1.82, 2.24) is 0 Å². The minimum absolute atomic E-state index is 0.137. The van der Waals surface area contributed by atoms with Crippen molar-refractivity contribution in [3.63, 3.8) is 0 Å². The highest BCUT2D eigenvalue weighted by Crippen LogP contribution is 2.18. The minimum atomic E-state index is -1.64. The van der Waals surface area contributed by atoms with Crippen LogP contribution in [0.1, 0.15) is 322 Å². The Bertz CT molecular complexity index is 1830. The third kappa shape index (κ3) is 71.3. The molecule has 0 rings (SSSR count). The van der Waals surface area contributed by atoms with E-state index in [1.165, 1.54) is 199 Å². The summed E-state index contributed by atoms with van der Waals surface area (Å²) in [5, 5.41) is 11.8. The first-order valence-electron chi connectivity index (χ1n) is 37.0. The third-order valence-electron chi connectivity index (χ3n) is 16.0. The number of carbonyl (C=O) groups is 3. The van der Waals surface area contributed by atoms with E-state index in [-0.39, 0.29) is 38.6 Å². The summed E-state index contributed by atoms with van der Waals surface area (Å²) in [4.78, 5) is 37.5. The summed E-state index contributed by atoms with van der Waals surface area (Å²) in [7, 11) is 5.92. The second kappa shape index (κ2) is 69.8. The Kier molecular flexibility index (Phi) is 66.7. The predicted molar refractivity (Wildman–Crippen MR) is 380 cm³/mol. The molecule has 89 heavy (non-hydrogen) atoms. The van der Waals surface area contributed by atoms with Gasteiger partial charge in [0.2, 0.25) is 0 Å². The third-order valence-corrected chi connectivity index (χ3v) is 16.0. The van der Waals surface area contributed by atoms with Crippen LogP contribution in [0.4, 0.5) is 0 Å². The Morgan fingerprint density at radius 3 is 0.966 bits per heavy atom. The summed E-state index contributed by atoms with van der Waals surface area (Å²) in [5.74, 6) is -2.32. The topological polar surface area (TPSA) is 111 Å². The number of aliphatic carboxylic acids is 1. The van der Waals surface area contributed by atoms with Gasteiger partial charge in [-0.25, -0.2) is 0 Å². The number of unbranched alkanes of at least 4 members (excludes halogenated alkanes) is 35. The maximum absolute atomic E-state index is 12.9. The number of rotatable bonds is 68. The van der Waals surface area contributed by atoms with Crippen LogP contribution < -0.4 is 5.11 Å². The molecule has 0 amide bonds. The molecule has 0 aromatic carbocycles. The van der Waals surface area contributed by atoms with Crippen LogP contribution >= 0.6 is 0 Å². The first-order chi connectivity index (χ1) is 43.6. The van der Waals surface area contributed by atoms with E-state index < -0.39 is 24.3 Å². The number of quaternary nitrogens is 1. The van der Waals surface area contributed by atoms with Crippen LogP contribution in [0.2, 0.25) is 0 Å². The fourth-order valence-electron chi connectivity index (χ4n) is 10.4. The average Bonchev–Trinajstić information content (AvgIpc) is 3.64. The first-order valence-corrected chi connectivity index (χ1v) is 37.0. The quantitative estimate of drug-likeness (QED) is 0.0195. The Morgan fingerprint density at radius 1 is 0.348 bits per heavy atom. The lowest BCUT2D eigenvalue weighted by molar-refractivity contribution is -0.870. The lowest BCUT2D eigenvalue weighted by Crippen LogP contribution is -2.44. The molecule has 0 radical (unpaired) electrons. The van der Waals surface area contributed by atoms with Crippen LogP contribution in [-0.4, -0.2) is 82.3 Å². The number of hydrogen-bond donors (Lipinski definition) is 0. The van der Waals surface area contributed by atoms with Gasteiger partial charge in [-0.3, -0.25) is 9.59 Å². The van der Waals surface area contributed by atoms with Crippen LogP contribution in [0.5, 0.6) is 0 Å². The zero-order chi connectivity index (χ0) is 64.7. The molecule has 9 nitrogen and oxygen atoms in total. The molecule has 2 atom stereocenters. The minimum Gasteiger partial charge on any atom is -0.545 e. The van der Waals surface area contributed by atoms with Crippen LogP contribution in [0.3, 0.4) is 0 Å². The van der Waals surface area contributed by atoms with E-state index in [0.717, 1.165) is 89.9 Å². The van der Waals surface area contributed by atoms with Crippen molar-refractivity contribution in [3.8, 4) is 0 Å². The number of esters is 2. The van der Waals surface area contributed by atoms with Gasteiger partial charge >= 0.3 is 11.9 Å². The Balaban J connectivity index is 4.05. The van der Waals surface area contributed by atoms with E-state index in [9.17, 15) is 19.5 Å².